The van der Waals surface area contributed by atoms with Crippen LogP contribution in [0.5, 0.6) is 0 Å². The summed E-state index contributed by atoms with van der Waals surface area (Å²) in [4.78, 5) is 18.8. The molecule has 1 aromatic rings. The molecule has 0 aromatic heterocycles. The molecular weight excluding hydrogens is 481 g/mol. The Hall–Kier alpha value is -1.39. The van der Waals surface area contributed by atoms with Crippen LogP contribution in [0.4, 0.5) is 0 Å². The van der Waals surface area contributed by atoms with Crippen LogP contribution in [0.15, 0.2) is 35.3 Å². The van der Waals surface area contributed by atoms with E-state index in [0.29, 0.717) is 31.5 Å². The molecule has 1 aliphatic heterocycles. The number of hydrogen-bond donors (Lipinski definition) is 3. The van der Waals surface area contributed by atoms with Gasteiger partial charge in [-0.1, -0.05) is 44.2 Å². The number of carbonyl (C=O) groups excluding carboxylic acids is 1. The van der Waals surface area contributed by atoms with Crippen molar-refractivity contribution in [1.82, 2.24) is 20.9 Å². The lowest BCUT2D eigenvalue weighted by Gasteiger charge is -2.37. The Labute approximate surface area is 192 Å². The number of rotatable bonds is 9. The van der Waals surface area contributed by atoms with Gasteiger partial charge in [-0.15, -0.1) is 24.0 Å². The van der Waals surface area contributed by atoms with Gasteiger partial charge in [-0.2, -0.15) is 0 Å². The van der Waals surface area contributed by atoms with Crippen molar-refractivity contribution in [2.45, 2.75) is 32.9 Å². The van der Waals surface area contributed by atoms with Crippen LogP contribution in [0.1, 0.15) is 25.8 Å². The molecule has 1 unspecified atom stereocenters. The monoisotopic (exact) mass is 517 g/mol. The zero-order valence-electron chi connectivity index (χ0n) is 17.8. The highest BCUT2D eigenvalue weighted by atomic mass is 127. The third kappa shape index (κ3) is 9.77. The molecule has 1 atom stereocenters. The van der Waals surface area contributed by atoms with Crippen LogP contribution in [-0.4, -0.2) is 69.2 Å². The van der Waals surface area contributed by atoms with Crippen LogP contribution >= 0.6 is 24.0 Å². The lowest BCUT2D eigenvalue weighted by molar-refractivity contribution is -0.121. The van der Waals surface area contributed by atoms with Gasteiger partial charge in [0.1, 0.15) is 0 Å². The third-order valence-electron chi connectivity index (χ3n) is 4.96. The summed E-state index contributed by atoms with van der Waals surface area (Å²) in [5.74, 6) is 1.29. The fourth-order valence-corrected chi connectivity index (χ4v) is 3.30. The number of nitrogens with zero attached hydrogens (tertiary/aromatic N) is 2. The highest BCUT2D eigenvalue weighted by Gasteiger charge is 2.23. The topological polar surface area (TPSA) is 78.0 Å². The van der Waals surface area contributed by atoms with Crippen molar-refractivity contribution in [3.05, 3.63) is 35.9 Å². The number of benzene rings is 1. The molecule has 1 heterocycles. The second kappa shape index (κ2) is 14.6. The maximum atomic E-state index is 12.0. The lowest BCUT2D eigenvalue weighted by atomic mass is 10.0. The Morgan fingerprint density at radius 1 is 1.14 bits per heavy atom. The summed E-state index contributed by atoms with van der Waals surface area (Å²) in [6.07, 6.45) is 0.407. The summed E-state index contributed by atoms with van der Waals surface area (Å²) in [5, 5.41) is 9.58. The number of nitrogens with one attached hydrogen (secondary N) is 3. The second-order valence-corrected chi connectivity index (χ2v) is 7.35. The number of amides is 1. The van der Waals surface area contributed by atoms with Gasteiger partial charge in [0, 0.05) is 52.2 Å². The van der Waals surface area contributed by atoms with E-state index in [9.17, 15) is 4.79 Å². The molecule has 0 bridgehead atoms. The van der Waals surface area contributed by atoms with E-state index < -0.39 is 0 Å². The van der Waals surface area contributed by atoms with Gasteiger partial charge in [0.25, 0.3) is 0 Å². The van der Waals surface area contributed by atoms with Crippen molar-refractivity contribution in [3.63, 3.8) is 0 Å². The Morgan fingerprint density at radius 3 is 2.45 bits per heavy atom. The van der Waals surface area contributed by atoms with Crippen LogP contribution < -0.4 is 16.0 Å². The van der Waals surface area contributed by atoms with Gasteiger partial charge in [0.05, 0.1) is 13.2 Å². The number of aliphatic imine (C=N–C) groups is 1. The standard InChI is InChI=1S/C21H35N5O2.HI/c1-17(2)19(26-11-13-28-14-12-26)16-25-21(22-3)23-10-9-20(27)24-15-18-7-5-4-6-8-18;/h4-8,17,19H,9-16H2,1-3H3,(H,24,27)(H2,22,23,25);1H. The minimum absolute atomic E-state index is 0. The van der Waals surface area contributed by atoms with Crippen molar-refractivity contribution in [3.8, 4) is 0 Å². The van der Waals surface area contributed by atoms with Crippen LogP contribution in [0, 0.1) is 5.92 Å². The normalized spacial score (nSPS) is 16.1. The van der Waals surface area contributed by atoms with Crippen LogP contribution in [-0.2, 0) is 16.1 Å². The molecule has 1 aliphatic rings. The first-order valence-corrected chi connectivity index (χ1v) is 10.2. The second-order valence-electron chi connectivity index (χ2n) is 7.35. The van der Waals surface area contributed by atoms with Crippen LogP contribution in [0.3, 0.4) is 0 Å². The van der Waals surface area contributed by atoms with E-state index in [1.54, 1.807) is 7.05 Å². The number of halogens is 1. The van der Waals surface area contributed by atoms with E-state index in [-0.39, 0.29) is 29.9 Å². The number of morpholine rings is 1. The molecule has 29 heavy (non-hydrogen) atoms. The molecule has 7 nitrogen and oxygen atoms in total. The predicted molar refractivity (Wildman–Crippen MR) is 129 cm³/mol. The number of ether oxygens (including phenoxy) is 1. The van der Waals surface area contributed by atoms with Gasteiger partial charge >= 0.3 is 0 Å². The molecule has 0 spiro atoms. The molecule has 8 heteroatoms. The first-order valence-electron chi connectivity index (χ1n) is 10.2. The molecule has 1 aromatic carbocycles. The third-order valence-corrected chi connectivity index (χ3v) is 4.96. The van der Waals surface area contributed by atoms with E-state index in [1.807, 2.05) is 30.3 Å². The molecule has 164 valence electrons. The quantitative estimate of drug-likeness (QED) is 0.265. The van der Waals surface area contributed by atoms with Crippen LogP contribution in [0.25, 0.3) is 0 Å². The van der Waals surface area contributed by atoms with Crippen molar-refractivity contribution in [2.24, 2.45) is 10.9 Å². The van der Waals surface area contributed by atoms with Gasteiger partial charge in [0.15, 0.2) is 5.96 Å². The summed E-state index contributed by atoms with van der Waals surface area (Å²) in [6.45, 7) is 9.95. The van der Waals surface area contributed by atoms with E-state index >= 15 is 0 Å². The molecule has 1 fully saturated rings. The molecule has 0 radical (unpaired) electrons. The maximum absolute atomic E-state index is 12.0. The zero-order chi connectivity index (χ0) is 20.2. The number of carbonyl (C=O) groups is 1. The largest absolute Gasteiger partial charge is 0.379 e. The fraction of sp³-hybridized carbons (Fsp3) is 0.619. The van der Waals surface area contributed by atoms with Crippen molar-refractivity contribution < 1.29 is 9.53 Å². The molecule has 0 saturated carbocycles. The molecule has 1 amide bonds. The summed E-state index contributed by atoms with van der Waals surface area (Å²) >= 11 is 0. The van der Waals surface area contributed by atoms with Crippen molar-refractivity contribution >= 4 is 35.8 Å². The van der Waals surface area contributed by atoms with E-state index in [0.717, 1.165) is 44.4 Å². The summed E-state index contributed by atoms with van der Waals surface area (Å²) in [7, 11) is 1.75. The highest BCUT2D eigenvalue weighted by Crippen LogP contribution is 2.12. The minimum Gasteiger partial charge on any atom is -0.379 e. The first kappa shape index (κ1) is 25.6. The molecule has 2 rings (SSSR count). The smallest absolute Gasteiger partial charge is 0.222 e. The number of guanidine groups is 1. The van der Waals surface area contributed by atoms with Gasteiger partial charge in [-0.3, -0.25) is 14.7 Å². The summed E-state index contributed by atoms with van der Waals surface area (Å²) in [6, 6.07) is 10.3. The molecule has 1 saturated heterocycles. The summed E-state index contributed by atoms with van der Waals surface area (Å²) < 4.78 is 5.46. The van der Waals surface area contributed by atoms with Crippen molar-refractivity contribution in [2.75, 3.05) is 46.4 Å². The maximum Gasteiger partial charge on any atom is 0.222 e. The van der Waals surface area contributed by atoms with Gasteiger partial charge < -0.3 is 20.7 Å². The first-order chi connectivity index (χ1) is 13.6. The van der Waals surface area contributed by atoms with Crippen molar-refractivity contribution in [1.29, 1.82) is 0 Å². The summed E-state index contributed by atoms with van der Waals surface area (Å²) in [5.41, 5.74) is 1.10. The van der Waals surface area contributed by atoms with E-state index in [4.69, 9.17) is 4.74 Å². The zero-order valence-corrected chi connectivity index (χ0v) is 20.1. The Kier molecular flexibility index (Phi) is 12.9. The molecule has 0 aliphatic carbocycles. The van der Waals surface area contributed by atoms with E-state index in [2.05, 4.69) is 39.7 Å². The van der Waals surface area contributed by atoms with E-state index in [1.165, 1.54) is 0 Å². The Balaban J connectivity index is 0.00000420. The number of hydrogen-bond acceptors (Lipinski definition) is 4. The average Bonchev–Trinajstić information content (AvgIpc) is 2.72. The Bertz CT molecular complexity index is 606. The average molecular weight is 517 g/mol. The Morgan fingerprint density at radius 2 is 1.83 bits per heavy atom. The molecular formula is C21H36IN5O2. The fourth-order valence-electron chi connectivity index (χ4n) is 3.30. The lowest BCUT2D eigenvalue weighted by Crippen LogP contribution is -2.52. The SMILES string of the molecule is CN=C(NCCC(=O)NCc1ccccc1)NCC(C(C)C)N1CCOCC1.I. The van der Waals surface area contributed by atoms with Gasteiger partial charge in [0.2, 0.25) is 5.91 Å². The minimum atomic E-state index is 0. The highest BCUT2D eigenvalue weighted by molar-refractivity contribution is 14.0. The molecule has 3 N–H and O–H groups in total. The van der Waals surface area contributed by atoms with Crippen LogP contribution in [0.2, 0.25) is 0 Å². The van der Waals surface area contributed by atoms with Gasteiger partial charge in [-0.05, 0) is 11.5 Å². The van der Waals surface area contributed by atoms with Gasteiger partial charge in [-0.25, -0.2) is 0 Å². The predicted octanol–water partition coefficient (Wildman–Crippen LogP) is 1.83.